The van der Waals surface area contributed by atoms with Crippen LogP contribution in [0.25, 0.3) is 0 Å². The third-order valence-corrected chi connectivity index (χ3v) is 3.33. The van der Waals surface area contributed by atoms with Crippen LogP contribution in [0.2, 0.25) is 0 Å². The first-order chi connectivity index (χ1) is 8.69. The molecule has 0 unspecified atom stereocenters. The van der Waals surface area contributed by atoms with Crippen molar-refractivity contribution < 1.29 is 4.42 Å². The number of nitrogens with one attached hydrogen (secondary N) is 1. The van der Waals surface area contributed by atoms with Gasteiger partial charge in [0.05, 0.1) is 12.8 Å². The number of hydrogen-bond donors (Lipinski definition) is 1. The molecule has 18 heavy (non-hydrogen) atoms. The summed E-state index contributed by atoms with van der Waals surface area (Å²) in [5, 5.41) is 3.50. The Morgan fingerprint density at radius 1 is 1.56 bits per heavy atom. The summed E-state index contributed by atoms with van der Waals surface area (Å²) in [5.41, 5.74) is 1.25. The number of hydrogen-bond acceptors (Lipinski definition) is 3. The van der Waals surface area contributed by atoms with Crippen LogP contribution in [0.4, 0.5) is 0 Å². The molecule has 0 amide bonds. The lowest BCUT2D eigenvalue weighted by molar-refractivity contribution is 0.218. The van der Waals surface area contributed by atoms with Crippen molar-refractivity contribution in [1.29, 1.82) is 0 Å². The van der Waals surface area contributed by atoms with E-state index in [1.54, 1.807) is 0 Å². The van der Waals surface area contributed by atoms with E-state index >= 15 is 0 Å². The second-order valence-corrected chi connectivity index (χ2v) is 5.39. The van der Waals surface area contributed by atoms with E-state index < -0.39 is 0 Å². The molecule has 3 heteroatoms. The van der Waals surface area contributed by atoms with Gasteiger partial charge in [0.25, 0.3) is 0 Å². The molecule has 0 bridgehead atoms. The van der Waals surface area contributed by atoms with Gasteiger partial charge in [0, 0.05) is 30.7 Å². The van der Waals surface area contributed by atoms with Crippen molar-refractivity contribution in [1.82, 2.24) is 10.2 Å². The molecule has 1 N–H and O–H groups in total. The summed E-state index contributed by atoms with van der Waals surface area (Å²) in [5.74, 6) is 1.04. The van der Waals surface area contributed by atoms with Gasteiger partial charge < -0.3 is 9.73 Å². The molecular weight excluding hydrogens is 224 g/mol. The molecule has 1 aromatic rings. The zero-order chi connectivity index (χ0) is 13.0. The Balaban J connectivity index is 1.85. The lowest BCUT2D eigenvalue weighted by Crippen LogP contribution is -2.30. The van der Waals surface area contributed by atoms with Gasteiger partial charge in [-0.05, 0) is 32.8 Å². The van der Waals surface area contributed by atoms with Crippen molar-refractivity contribution in [2.24, 2.45) is 0 Å². The van der Waals surface area contributed by atoms with Crippen LogP contribution in [0.5, 0.6) is 0 Å². The van der Waals surface area contributed by atoms with Gasteiger partial charge in [-0.15, -0.1) is 6.58 Å². The van der Waals surface area contributed by atoms with E-state index in [9.17, 15) is 0 Å². The van der Waals surface area contributed by atoms with Crippen LogP contribution in [0.3, 0.4) is 0 Å². The lowest BCUT2D eigenvalue weighted by atomic mass is 10.2. The minimum Gasteiger partial charge on any atom is -0.468 e. The first-order valence-corrected chi connectivity index (χ1v) is 6.83. The third-order valence-electron chi connectivity index (χ3n) is 3.33. The smallest absolute Gasteiger partial charge is 0.118 e. The topological polar surface area (TPSA) is 28.4 Å². The largest absolute Gasteiger partial charge is 0.468 e. The Labute approximate surface area is 110 Å². The highest BCUT2D eigenvalue weighted by molar-refractivity contribution is 5.13. The van der Waals surface area contributed by atoms with E-state index in [0.29, 0.717) is 6.04 Å². The van der Waals surface area contributed by atoms with Crippen LogP contribution in [-0.4, -0.2) is 23.5 Å². The molecule has 0 saturated heterocycles. The Morgan fingerprint density at radius 2 is 2.33 bits per heavy atom. The monoisotopic (exact) mass is 248 g/mol. The maximum Gasteiger partial charge on any atom is 0.118 e. The molecule has 1 heterocycles. The Morgan fingerprint density at radius 3 is 2.94 bits per heavy atom. The lowest BCUT2D eigenvalue weighted by Gasteiger charge is -2.23. The third kappa shape index (κ3) is 4.00. The fourth-order valence-corrected chi connectivity index (χ4v) is 1.98. The van der Waals surface area contributed by atoms with Gasteiger partial charge in [0.15, 0.2) is 0 Å². The standard InChI is InChI=1S/C15H24N2O/c1-4-7-17(12(2)3)10-15-8-13(11-18-15)9-16-14-5-6-14/h4,8,11-12,14,16H,1,5-7,9-10H2,2-3H3. The summed E-state index contributed by atoms with van der Waals surface area (Å²) in [6.07, 6.45) is 6.46. The summed E-state index contributed by atoms with van der Waals surface area (Å²) < 4.78 is 5.63. The van der Waals surface area contributed by atoms with Crippen LogP contribution < -0.4 is 5.32 Å². The molecule has 3 nitrogen and oxygen atoms in total. The molecule has 1 aromatic heterocycles. The van der Waals surface area contributed by atoms with Crippen LogP contribution in [0.15, 0.2) is 29.4 Å². The van der Waals surface area contributed by atoms with Crippen molar-refractivity contribution in [2.45, 2.75) is 51.9 Å². The normalized spacial score (nSPS) is 15.6. The Hall–Kier alpha value is -1.06. The minimum atomic E-state index is 0.501. The zero-order valence-corrected chi connectivity index (χ0v) is 11.5. The maximum atomic E-state index is 5.63. The Bertz CT molecular complexity index is 380. The van der Waals surface area contributed by atoms with Crippen LogP contribution >= 0.6 is 0 Å². The summed E-state index contributed by atoms with van der Waals surface area (Å²) in [4.78, 5) is 2.34. The van der Waals surface area contributed by atoms with Crippen molar-refractivity contribution >= 4 is 0 Å². The second kappa shape index (κ2) is 6.21. The Kier molecular flexibility index (Phi) is 4.61. The maximum absolute atomic E-state index is 5.63. The van der Waals surface area contributed by atoms with Gasteiger partial charge in [-0.2, -0.15) is 0 Å². The first kappa shape index (κ1) is 13.4. The van der Waals surface area contributed by atoms with Crippen LogP contribution in [-0.2, 0) is 13.1 Å². The molecule has 1 saturated carbocycles. The molecular formula is C15H24N2O. The van der Waals surface area contributed by atoms with Gasteiger partial charge in [0.2, 0.25) is 0 Å². The molecule has 0 aromatic carbocycles. The molecule has 1 aliphatic rings. The summed E-state index contributed by atoms with van der Waals surface area (Å²) in [6.45, 7) is 10.9. The van der Waals surface area contributed by atoms with Crippen LogP contribution in [0.1, 0.15) is 38.0 Å². The van der Waals surface area contributed by atoms with E-state index in [1.807, 2.05) is 12.3 Å². The molecule has 1 fully saturated rings. The fourth-order valence-electron chi connectivity index (χ4n) is 1.98. The number of furan rings is 1. The average Bonchev–Trinajstić information content (AvgIpc) is 3.06. The summed E-state index contributed by atoms with van der Waals surface area (Å²) in [6, 6.07) is 3.41. The average molecular weight is 248 g/mol. The van der Waals surface area contributed by atoms with Gasteiger partial charge in [-0.25, -0.2) is 0 Å². The van der Waals surface area contributed by atoms with Gasteiger partial charge >= 0.3 is 0 Å². The first-order valence-electron chi connectivity index (χ1n) is 6.83. The van der Waals surface area contributed by atoms with Crippen molar-refractivity contribution in [3.63, 3.8) is 0 Å². The van der Waals surface area contributed by atoms with Crippen molar-refractivity contribution in [3.8, 4) is 0 Å². The second-order valence-electron chi connectivity index (χ2n) is 5.39. The van der Waals surface area contributed by atoms with E-state index in [4.69, 9.17) is 4.42 Å². The molecule has 100 valence electrons. The highest BCUT2D eigenvalue weighted by atomic mass is 16.3. The highest BCUT2D eigenvalue weighted by Crippen LogP contribution is 2.20. The van der Waals surface area contributed by atoms with Gasteiger partial charge in [0.1, 0.15) is 5.76 Å². The number of nitrogens with zero attached hydrogens (tertiary/aromatic N) is 1. The van der Waals surface area contributed by atoms with Gasteiger partial charge in [-0.3, -0.25) is 4.90 Å². The number of rotatable bonds is 8. The molecule has 1 aliphatic carbocycles. The van der Waals surface area contributed by atoms with E-state index in [-0.39, 0.29) is 0 Å². The predicted octanol–water partition coefficient (Wildman–Crippen LogP) is 2.93. The summed E-state index contributed by atoms with van der Waals surface area (Å²) in [7, 11) is 0. The van der Waals surface area contributed by atoms with Crippen LogP contribution in [0, 0.1) is 0 Å². The zero-order valence-electron chi connectivity index (χ0n) is 11.5. The molecule has 0 atom stereocenters. The van der Waals surface area contributed by atoms with E-state index in [1.165, 1.54) is 18.4 Å². The highest BCUT2D eigenvalue weighted by Gasteiger charge is 2.20. The molecule has 0 radical (unpaired) electrons. The van der Waals surface area contributed by atoms with E-state index in [0.717, 1.165) is 31.4 Å². The quantitative estimate of drug-likeness (QED) is 0.717. The van der Waals surface area contributed by atoms with E-state index in [2.05, 4.69) is 36.7 Å². The van der Waals surface area contributed by atoms with Gasteiger partial charge in [-0.1, -0.05) is 6.08 Å². The predicted molar refractivity (Wildman–Crippen MR) is 74.3 cm³/mol. The SMILES string of the molecule is C=CCN(Cc1cc(CNC2CC2)co1)C(C)C. The van der Waals surface area contributed by atoms with Crippen molar-refractivity contribution in [2.75, 3.05) is 6.54 Å². The fraction of sp³-hybridized carbons (Fsp3) is 0.600. The summed E-state index contributed by atoms with van der Waals surface area (Å²) >= 11 is 0. The molecule has 0 aliphatic heterocycles. The molecule has 0 spiro atoms. The minimum absolute atomic E-state index is 0.501. The molecule has 2 rings (SSSR count). The van der Waals surface area contributed by atoms with Crippen molar-refractivity contribution in [3.05, 3.63) is 36.3 Å².